The molecule has 140 valence electrons. The summed E-state index contributed by atoms with van der Waals surface area (Å²) in [6.45, 7) is 0.0352. The van der Waals surface area contributed by atoms with Gasteiger partial charge in [0.2, 0.25) is 0 Å². The first-order chi connectivity index (χ1) is 13.6. The lowest BCUT2D eigenvalue weighted by Crippen LogP contribution is -2.22. The summed E-state index contributed by atoms with van der Waals surface area (Å²) in [7, 11) is 0. The molecule has 1 N–H and O–H groups in total. The van der Waals surface area contributed by atoms with Gasteiger partial charge < -0.3 is 9.72 Å². The maximum atomic E-state index is 12.4. The molecule has 0 atom stereocenters. The molecule has 7 heteroatoms. The van der Waals surface area contributed by atoms with E-state index in [0.29, 0.717) is 16.5 Å². The highest BCUT2D eigenvalue weighted by Gasteiger charge is 2.09. The molecule has 0 fully saturated rings. The van der Waals surface area contributed by atoms with Gasteiger partial charge in [-0.15, -0.1) is 0 Å². The van der Waals surface area contributed by atoms with Crippen LogP contribution >= 0.6 is 0 Å². The molecule has 7 nitrogen and oxygen atoms in total. The highest BCUT2D eigenvalue weighted by atomic mass is 16.5. The summed E-state index contributed by atoms with van der Waals surface area (Å²) in [5.41, 5.74) is 1.22. The Morgan fingerprint density at radius 3 is 2.75 bits per heavy atom. The van der Waals surface area contributed by atoms with Crippen LogP contribution in [0.15, 0.2) is 70.5 Å². The number of nitrogens with zero attached hydrogens (tertiary/aromatic N) is 2. The third-order valence-electron chi connectivity index (χ3n) is 4.51. The topological polar surface area (TPSA) is 94.0 Å². The van der Waals surface area contributed by atoms with Gasteiger partial charge in [0.1, 0.15) is 6.61 Å². The van der Waals surface area contributed by atoms with Crippen LogP contribution in [0.2, 0.25) is 0 Å². The second-order valence-electron chi connectivity index (χ2n) is 6.38. The van der Waals surface area contributed by atoms with E-state index in [9.17, 15) is 14.4 Å². The molecule has 0 aliphatic carbocycles. The van der Waals surface area contributed by atoms with Gasteiger partial charge >= 0.3 is 5.97 Å². The minimum Gasteiger partial charge on any atom is -0.461 e. The van der Waals surface area contributed by atoms with Gasteiger partial charge in [-0.3, -0.25) is 19.0 Å². The van der Waals surface area contributed by atoms with E-state index in [2.05, 4.69) is 9.97 Å². The van der Waals surface area contributed by atoms with Gasteiger partial charge in [-0.1, -0.05) is 30.3 Å². The third-order valence-corrected chi connectivity index (χ3v) is 4.51. The average Bonchev–Trinajstić information content (AvgIpc) is 2.72. The number of aryl methyl sites for hydroxylation is 1. The molecule has 0 unspecified atom stereocenters. The normalized spacial score (nSPS) is 11.0. The Kier molecular flexibility index (Phi) is 4.72. The molecule has 0 radical (unpaired) electrons. The van der Waals surface area contributed by atoms with Gasteiger partial charge in [-0.05, 0) is 29.7 Å². The Morgan fingerprint density at radius 2 is 1.86 bits per heavy atom. The van der Waals surface area contributed by atoms with Gasteiger partial charge in [0.05, 0.1) is 29.2 Å². The lowest BCUT2D eigenvalue weighted by atomic mass is 10.1. The summed E-state index contributed by atoms with van der Waals surface area (Å²) in [4.78, 5) is 43.6. The zero-order chi connectivity index (χ0) is 19.5. The van der Waals surface area contributed by atoms with Crippen molar-refractivity contribution in [1.82, 2.24) is 14.5 Å². The summed E-state index contributed by atoms with van der Waals surface area (Å²) in [6, 6.07) is 16.1. The van der Waals surface area contributed by atoms with Crippen molar-refractivity contribution >= 4 is 27.8 Å². The fourth-order valence-corrected chi connectivity index (χ4v) is 3.01. The number of hydrogen-bond acceptors (Lipinski definition) is 5. The molecule has 2 aromatic heterocycles. The molecule has 0 saturated carbocycles. The molecule has 0 saturated heterocycles. The van der Waals surface area contributed by atoms with Crippen molar-refractivity contribution < 1.29 is 9.53 Å². The van der Waals surface area contributed by atoms with Crippen molar-refractivity contribution in [3.05, 3.63) is 87.2 Å². The number of carbonyl (C=O) groups is 1. The van der Waals surface area contributed by atoms with E-state index >= 15 is 0 Å². The van der Waals surface area contributed by atoms with E-state index in [1.807, 2.05) is 30.3 Å². The highest BCUT2D eigenvalue weighted by molar-refractivity contribution is 5.79. The van der Waals surface area contributed by atoms with Crippen LogP contribution in [0.1, 0.15) is 12.0 Å². The molecule has 4 aromatic rings. The van der Waals surface area contributed by atoms with E-state index in [-0.39, 0.29) is 30.7 Å². The number of fused-ring (bicyclic) bond motifs is 2. The molecule has 2 aromatic carbocycles. The molecule has 0 aliphatic rings. The molecule has 28 heavy (non-hydrogen) atoms. The lowest BCUT2D eigenvalue weighted by Gasteiger charge is -2.08. The number of aromatic amines is 1. The monoisotopic (exact) mass is 375 g/mol. The van der Waals surface area contributed by atoms with Crippen LogP contribution in [0.4, 0.5) is 0 Å². The first-order valence-electron chi connectivity index (χ1n) is 8.82. The zero-order valence-corrected chi connectivity index (χ0v) is 14.9. The highest BCUT2D eigenvalue weighted by Crippen LogP contribution is 2.11. The number of hydrogen-bond donors (Lipinski definition) is 1. The number of nitrogens with one attached hydrogen (secondary N) is 1. The third kappa shape index (κ3) is 3.55. The van der Waals surface area contributed by atoms with Crippen molar-refractivity contribution in [3.8, 4) is 0 Å². The number of carbonyl (C=O) groups excluding carboxylic acids is 1. The number of benzene rings is 2. The second kappa shape index (κ2) is 7.48. The summed E-state index contributed by atoms with van der Waals surface area (Å²) in [5.74, 6) is -0.493. The quantitative estimate of drug-likeness (QED) is 0.541. The van der Waals surface area contributed by atoms with E-state index in [1.165, 1.54) is 10.9 Å². The maximum Gasteiger partial charge on any atom is 0.307 e. The Morgan fingerprint density at radius 1 is 1.07 bits per heavy atom. The maximum absolute atomic E-state index is 12.4. The van der Waals surface area contributed by atoms with Crippen molar-refractivity contribution in [1.29, 1.82) is 0 Å². The first-order valence-corrected chi connectivity index (χ1v) is 8.82. The molecule has 0 amide bonds. The van der Waals surface area contributed by atoms with Crippen LogP contribution in [0.3, 0.4) is 0 Å². The minimum absolute atomic E-state index is 0.00537. The Labute approximate surface area is 159 Å². The summed E-state index contributed by atoms with van der Waals surface area (Å²) in [6.07, 6.45) is 1.43. The predicted octanol–water partition coefficient (Wildman–Crippen LogP) is 2.37. The van der Waals surface area contributed by atoms with Crippen molar-refractivity contribution in [2.75, 3.05) is 0 Å². The largest absolute Gasteiger partial charge is 0.461 e. The molecule has 0 bridgehead atoms. The van der Waals surface area contributed by atoms with E-state index in [1.54, 1.807) is 24.3 Å². The van der Waals surface area contributed by atoms with Crippen LogP contribution in [0.25, 0.3) is 21.8 Å². The van der Waals surface area contributed by atoms with Gasteiger partial charge in [0.15, 0.2) is 0 Å². The molecular formula is C21H17N3O4. The molecular weight excluding hydrogens is 358 g/mol. The van der Waals surface area contributed by atoms with Crippen LogP contribution < -0.4 is 11.1 Å². The number of ether oxygens (including phenoxy) is 1. The van der Waals surface area contributed by atoms with Gasteiger partial charge in [0.25, 0.3) is 11.1 Å². The van der Waals surface area contributed by atoms with Crippen molar-refractivity contribution in [2.24, 2.45) is 0 Å². The number of rotatable bonds is 5. The van der Waals surface area contributed by atoms with E-state index in [0.717, 1.165) is 10.9 Å². The average molecular weight is 375 g/mol. The van der Waals surface area contributed by atoms with E-state index < -0.39 is 5.97 Å². The Bertz CT molecular complexity index is 1280. The standard InChI is InChI=1S/C21H17N3O4/c25-19(9-10-24-13-22-18-8-4-2-6-16(18)21(24)27)28-12-15-11-14-5-1-3-7-17(14)23-20(15)26/h1-8,11,13H,9-10,12H2,(H,23,26). The number of H-pyrrole nitrogens is 1. The summed E-state index contributed by atoms with van der Waals surface area (Å²) >= 11 is 0. The number of esters is 1. The predicted molar refractivity (Wildman–Crippen MR) is 105 cm³/mol. The fourth-order valence-electron chi connectivity index (χ4n) is 3.01. The molecule has 4 rings (SSSR count). The van der Waals surface area contributed by atoms with Crippen LogP contribution in [-0.4, -0.2) is 20.5 Å². The molecule has 0 spiro atoms. The van der Waals surface area contributed by atoms with Crippen LogP contribution in [-0.2, 0) is 22.7 Å². The minimum atomic E-state index is -0.493. The SMILES string of the molecule is O=C(CCn1cnc2ccccc2c1=O)OCc1cc2ccccc2[nH]c1=O. The molecule has 2 heterocycles. The lowest BCUT2D eigenvalue weighted by molar-refractivity contribution is -0.145. The Balaban J connectivity index is 1.42. The summed E-state index contributed by atoms with van der Waals surface area (Å²) < 4.78 is 6.59. The number of pyridine rings is 1. The van der Waals surface area contributed by atoms with Gasteiger partial charge in [0, 0.05) is 12.1 Å². The number of aromatic nitrogens is 3. The van der Waals surface area contributed by atoms with Crippen molar-refractivity contribution in [2.45, 2.75) is 19.6 Å². The van der Waals surface area contributed by atoms with Crippen LogP contribution in [0, 0.1) is 0 Å². The molecule has 0 aliphatic heterocycles. The van der Waals surface area contributed by atoms with Gasteiger partial charge in [-0.2, -0.15) is 0 Å². The number of para-hydroxylation sites is 2. The second-order valence-corrected chi connectivity index (χ2v) is 6.38. The zero-order valence-electron chi connectivity index (χ0n) is 14.9. The smallest absolute Gasteiger partial charge is 0.307 e. The van der Waals surface area contributed by atoms with Crippen LogP contribution in [0.5, 0.6) is 0 Å². The Hall–Kier alpha value is -3.74. The summed E-state index contributed by atoms with van der Waals surface area (Å²) in [5, 5.41) is 1.36. The van der Waals surface area contributed by atoms with Crippen molar-refractivity contribution in [3.63, 3.8) is 0 Å². The van der Waals surface area contributed by atoms with Gasteiger partial charge in [-0.25, -0.2) is 4.98 Å². The first kappa shape index (κ1) is 17.7. The fraction of sp³-hybridized carbons (Fsp3) is 0.143. The van der Waals surface area contributed by atoms with E-state index in [4.69, 9.17) is 4.74 Å².